The smallest absolute Gasteiger partial charge is 0.267 e. The van der Waals surface area contributed by atoms with Crippen molar-refractivity contribution in [1.29, 1.82) is 0 Å². The number of nitrogens with two attached hydrogens (primary N) is 1. The highest BCUT2D eigenvalue weighted by Crippen LogP contribution is 2.28. The van der Waals surface area contributed by atoms with Crippen LogP contribution in [0.15, 0.2) is 41.6 Å². The lowest BCUT2D eigenvalue weighted by molar-refractivity contribution is 0.601. The highest BCUT2D eigenvalue weighted by molar-refractivity contribution is 7.93. The Balaban J connectivity index is 2.44. The molecule has 0 aliphatic rings. The van der Waals surface area contributed by atoms with Crippen molar-refractivity contribution in [3.05, 3.63) is 41.7 Å². The maximum absolute atomic E-state index is 12.1. The van der Waals surface area contributed by atoms with Crippen LogP contribution in [-0.4, -0.2) is 18.4 Å². The molecular weight excluding hydrogens is 276 g/mol. The number of rotatable bonds is 3. The van der Waals surface area contributed by atoms with Gasteiger partial charge in [0, 0.05) is 12.4 Å². The standard InChI is InChI=1S/C10H9ClN4O2S/c11-7-3-1-4-8(12)9(7)18(16,17)15-10-13-5-2-6-14-10/h1-6H,12H2,(H,13,14,15). The summed E-state index contributed by atoms with van der Waals surface area (Å²) in [5.41, 5.74) is 5.68. The Morgan fingerprint density at radius 1 is 1.17 bits per heavy atom. The van der Waals surface area contributed by atoms with Gasteiger partial charge in [-0.3, -0.25) is 0 Å². The zero-order valence-corrected chi connectivity index (χ0v) is 10.6. The third-order valence-corrected chi connectivity index (χ3v) is 3.93. The van der Waals surface area contributed by atoms with Crippen LogP contribution in [-0.2, 0) is 10.0 Å². The molecule has 0 unspecified atom stereocenters. The van der Waals surface area contributed by atoms with Gasteiger partial charge in [-0.05, 0) is 18.2 Å². The fourth-order valence-corrected chi connectivity index (χ4v) is 2.97. The minimum atomic E-state index is -3.91. The number of hydrogen-bond acceptors (Lipinski definition) is 5. The van der Waals surface area contributed by atoms with Crippen molar-refractivity contribution in [2.24, 2.45) is 0 Å². The predicted octanol–water partition coefficient (Wildman–Crippen LogP) is 1.51. The fraction of sp³-hybridized carbons (Fsp3) is 0. The number of halogens is 1. The number of anilines is 2. The van der Waals surface area contributed by atoms with Gasteiger partial charge in [0.15, 0.2) is 0 Å². The molecule has 0 fully saturated rings. The number of hydrogen-bond donors (Lipinski definition) is 2. The second kappa shape index (κ2) is 4.79. The first-order valence-corrected chi connectivity index (χ1v) is 6.70. The van der Waals surface area contributed by atoms with Crippen LogP contribution in [0.5, 0.6) is 0 Å². The molecule has 0 saturated heterocycles. The van der Waals surface area contributed by atoms with E-state index < -0.39 is 10.0 Å². The van der Waals surface area contributed by atoms with E-state index in [9.17, 15) is 8.42 Å². The van der Waals surface area contributed by atoms with Crippen LogP contribution in [0.4, 0.5) is 11.6 Å². The highest BCUT2D eigenvalue weighted by Gasteiger charge is 2.21. The van der Waals surface area contributed by atoms with Gasteiger partial charge in [-0.2, -0.15) is 0 Å². The number of benzene rings is 1. The molecule has 8 heteroatoms. The van der Waals surface area contributed by atoms with Crippen LogP contribution in [0.1, 0.15) is 0 Å². The van der Waals surface area contributed by atoms with Crippen molar-refractivity contribution < 1.29 is 8.42 Å². The van der Waals surface area contributed by atoms with E-state index in [4.69, 9.17) is 17.3 Å². The normalized spacial score (nSPS) is 11.2. The minimum absolute atomic E-state index is 0.0402. The summed E-state index contributed by atoms with van der Waals surface area (Å²) in [6.45, 7) is 0. The zero-order chi connectivity index (χ0) is 13.2. The van der Waals surface area contributed by atoms with Crippen LogP contribution in [0, 0.1) is 0 Å². The number of nitrogens with zero attached hydrogens (tertiary/aromatic N) is 2. The van der Waals surface area contributed by atoms with Gasteiger partial charge in [0.25, 0.3) is 10.0 Å². The summed E-state index contributed by atoms with van der Waals surface area (Å²) in [5.74, 6) is -0.0446. The molecule has 0 spiro atoms. The van der Waals surface area contributed by atoms with Gasteiger partial charge in [0.2, 0.25) is 5.95 Å². The van der Waals surface area contributed by atoms with E-state index in [1.807, 2.05) is 0 Å². The Labute approximate surface area is 109 Å². The van der Waals surface area contributed by atoms with Crippen molar-refractivity contribution in [3.8, 4) is 0 Å². The van der Waals surface area contributed by atoms with Gasteiger partial charge in [0.05, 0.1) is 10.7 Å². The van der Waals surface area contributed by atoms with Crippen LogP contribution in [0.2, 0.25) is 5.02 Å². The largest absolute Gasteiger partial charge is 0.398 e. The molecule has 0 aliphatic carbocycles. The fourth-order valence-electron chi connectivity index (χ4n) is 1.33. The molecule has 2 rings (SSSR count). The van der Waals surface area contributed by atoms with Crippen molar-refractivity contribution >= 4 is 33.3 Å². The Morgan fingerprint density at radius 3 is 2.44 bits per heavy atom. The summed E-state index contributed by atoms with van der Waals surface area (Å²) < 4.78 is 26.4. The van der Waals surface area contributed by atoms with Crippen molar-refractivity contribution in [2.45, 2.75) is 4.90 Å². The first-order chi connectivity index (χ1) is 8.50. The average Bonchev–Trinajstić information content (AvgIpc) is 2.28. The van der Waals surface area contributed by atoms with E-state index in [0.29, 0.717) is 0 Å². The third kappa shape index (κ3) is 2.52. The van der Waals surface area contributed by atoms with E-state index in [2.05, 4.69) is 14.7 Å². The summed E-state index contributed by atoms with van der Waals surface area (Å²) in [5, 5.41) is 0.0402. The van der Waals surface area contributed by atoms with Gasteiger partial charge in [-0.15, -0.1) is 0 Å². The van der Waals surface area contributed by atoms with E-state index in [1.54, 1.807) is 12.1 Å². The molecule has 1 aromatic carbocycles. The van der Waals surface area contributed by atoms with Crippen molar-refractivity contribution in [2.75, 3.05) is 10.5 Å². The van der Waals surface area contributed by atoms with Crippen LogP contribution in [0.25, 0.3) is 0 Å². The van der Waals surface area contributed by atoms with Gasteiger partial charge in [-0.1, -0.05) is 17.7 Å². The summed E-state index contributed by atoms with van der Waals surface area (Å²) in [6.07, 6.45) is 2.83. The highest BCUT2D eigenvalue weighted by atomic mass is 35.5. The lowest BCUT2D eigenvalue weighted by atomic mass is 10.3. The summed E-state index contributed by atoms with van der Waals surface area (Å²) in [6, 6.07) is 6.03. The summed E-state index contributed by atoms with van der Waals surface area (Å²) in [4.78, 5) is 7.35. The molecule has 18 heavy (non-hydrogen) atoms. The van der Waals surface area contributed by atoms with Crippen molar-refractivity contribution in [1.82, 2.24) is 9.97 Å². The molecule has 0 radical (unpaired) electrons. The third-order valence-electron chi connectivity index (χ3n) is 2.06. The van der Waals surface area contributed by atoms with E-state index >= 15 is 0 Å². The van der Waals surface area contributed by atoms with Gasteiger partial charge in [0.1, 0.15) is 4.90 Å². The van der Waals surface area contributed by atoms with Crippen LogP contribution in [0.3, 0.4) is 0 Å². The number of sulfonamides is 1. The first-order valence-electron chi connectivity index (χ1n) is 4.84. The maximum Gasteiger partial charge on any atom is 0.267 e. The molecule has 2 aromatic rings. The molecule has 94 valence electrons. The molecule has 0 atom stereocenters. The molecule has 1 heterocycles. The van der Waals surface area contributed by atoms with Gasteiger partial charge >= 0.3 is 0 Å². The SMILES string of the molecule is Nc1cccc(Cl)c1S(=O)(=O)Nc1ncccn1. The number of nitrogen functional groups attached to an aromatic ring is 1. The van der Waals surface area contributed by atoms with E-state index in [-0.39, 0.29) is 21.6 Å². The predicted molar refractivity (Wildman–Crippen MR) is 68.7 cm³/mol. The molecule has 1 aromatic heterocycles. The van der Waals surface area contributed by atoms with E-state index in [1.165, 1.54) is 24.5 Å². The zero-order valence-electron chi connectivity index (χ0n) is 9.04. The van der Waals surface area contributed by atoms with Crippen LogP contribution >= 0.6 is 11.6 Å². The Hall–Kier alpha value is -1.86. The van der Waals surface area contributed by atoms with Gasteiger partial charge in [-0.25, -0.2) is 23.1 Å². The second-order valence-electron chi connectivity index (χ2n) is 3.34. The molecule has 0 aliphatic heterocycles. The van der Waals surface area contributed by atoms with Crippen LogP contribution < -0.4 is 10.5 Å². The molecule has 6 nitrogen and oxygen atoms in total. The topological polar surface area (TPSA) is 98.0 Å². The molecule has 0 amide bonds. The number of aromatic nitrogens is 2. The summed E-state index contributed by atoms with van der Waals surface area (Å²) >= 11 is 5.84. The lowest BCUT2D eigenvalue weighted by Crippen LogP contribution is -2.16. The quantitative estimate of drug-likeness (QED) is 0.833. The van der Waals surface area contributed by atoms with Crippen molar-refractivity contribution in [3.63, 3.8) is 0 Å². The Kier molecular flexibility index (Phi) is 3.35. The lowest BCUT2D eigenvalue weighted by Gasteiger charge is -2.09. The van der Waals surface area contributed by atoms with Gasteiger partial charge < -0.3 is 5.73 Å². The first kappa shape index (κ1) is 12.6. The Bertz CT molecular complexity index is 641. The van der Waals surface area contributed by atoms with E-state index in [0.717, 1.165) is 0 Å². The number of nitrogens with one attached hydrogen (secondary N) is 1. The maximum atomic E-state index is 12.1. The summed E-state index contributed by atoms with van der Waals surface area (Å²) in [7, 11) is -3.91. The second-order valence-corrected chi connectivity index (χ2v) is 5.36. The minimum Gasteiger partial charge on any atom is -0.398 e. The molecule has 3 N–H and O–H groups in total. The molecular formula is C10H9ClN4O2S. The molecule has 0 bridgehead atoms. The Morgan fingerprint density at radius 2 is 1.83 bits per heavy atom. The molecule has 0 saturated carbocycles. The average molecular weight is 285 g/mol. The monoisotopic (exact) mass is 284 g/mol.